The Morgan fingerprint density at radius 3 is 2.70 bits per heavy atom. The number of benzene rings is 1. The van der Waals surface area contributed by atoms with Crippen LogP contribution in [0.15, 0.2) is 59.8 Å². The van der Waals surface area contributed by atoms with E-state index in [9.17, 15) is 18.4 Å². The van der Waals surface area contributed by atoms with Gasteiger partial charge < -0.3 is 4.74 Å². The first kappa shape index (κ1) is 20.5. The molecule has 8 nitrogen and oxygen atoms in total. The normalized spacial score (nSPS) is 16.7. The third-order valence-electron chi connectivity index (χ3n) is 4.97. The number of rotatable bonds is 5. The summed E-state index contributed by atoms with van der Waals surface area (Å²) in [6.07, 6.45) is 3.59. The molecular formula is C20H19N3O5S2. The number of aromatic nitrogens is 1. The van der Waals surface area contributed by atoms with Crippen LogP contribution in [0.5, 0.6) is 5.75 Å². The number of nitrogens with zero attached hydrogens (tertiary/aromatic N) is 2. The van der Waals surface area contributed by atoms with Crippen LogP contribution in [0.1, 0.15) is 10.4 Å². The van der Waals surface area contributed by atoms with Crippen molar-refractivity contribution in [2.45, 2.75) is 23.9 Å². The highest BCUT2D eigenvalue weighted by molar-refractivity contribution is 7.89. The number of amides is 1. The van der Waals surface area contributed by atoms with Gasteiger partial charge in [-0.1, -0.05) is 6.07 Å². The highest BCUT2D eigenvalue weighted by Gasteiger charge is 2.40. The predicted octanol–water partition coefficient (Wildman–Crippen LogP) is 2.44. The van der Waals surface area contributed by atoms with Gasteiger partial charge >= 0.3 is 0 Å². The Labute approximate surface area is 177 Å². The monoisotopic (exact) mass is 445 g/mol. The lowest BCUT2D eigenvalue weighted by Gasteiger charge is -2.33. The largest absolute Gasteiger partial charge is 0.497 e. The van der Waals surface area contributed by atoms with Gasteiger partial charge in [0.05, 0.1) is 12.0 Å². The number of fused-ring (bicyclic) bond motifs is 1. The molecule has 1 aliphatic rings. The molecule has 0 bridgehead atoms. The van der Waals surface area contributed by atoms with E-state index in [0.717, 1.165) is 25.2 Å². The quantitative estimate of drug-likeness (QED) is 0.461. The summed E-state index contributed by atoms with van der Waals surface area (Å²) in [6, 6.07) is 10.6. The molecule has 1 unspecified atom stereocenters. The van der Waals surface area contributed by atoms with E-state index in [1.807, 2.05) is 18.2 Å². The van der Waals surface area contributed by atoms with Gasteiger partial charge in [0.1, 0.15) is 11.8 Å². The van der Waals surface area contributed by atoms with Crippen molar-refractivity contribution in [1.82, 2.24) is 14.8 Å². The van der Waals surface area contributed by atoms with E-state index < -0.39 is 22.0 Å². The lowest BCUT2D eigenvalue weighted by molar-refractivity contribution is -0.133. The minimum absolute atomic E-state index is 0.0263. The highest BCUT2D eigenvalue weighted by atomic mass is 32.2. The molecule has 1 aliphatic heterocycles. The molecule has 30 heavy (non-hydrogen) atoms. The van der Waals surface area contributed by atoms with Crippen molar-refractivity contribution < 1.29 is 23.2 Å². The van der Waals surface area contributed by atoms with Gasteiger partial charge in [0, 0.05) is 40.7 Å². The van der Waals surface area contributed by atoms with Crippen LogP contribution < -0.4 is 10.2 Å². The fourth-order valence-electron chi connectivity index (χ4n) is 3.41. The molecule has 2 N–H and O–H groups in total. The molecule has 2 aromatic heterocycles. The third kappa shape index (κ3) is 3.70. The molecule has 3 heterocycles. The number of carbonyl (C=O) groups is 1. The summed E-state index contributed by atoms with van der Waals surface area (Å²) in [6.45, 7) is 0.0263. The maximum Gasteiger partial charge on any atom is 0.262 e. The Kier molecular flexibility index (Phi) is 5.56. The van der Waals surface area contributed by atoms with Gasteiger partial charge in [-0.3, -0.25) is 15.0 Å². The van der Waals surface area contributed by atoms with Crippen molar-refractivity contribution in [3.05, 3.63) is 65.3 Å². The molecule has 1 amide bonds. The van der Waals surface area contributed by atoms with Crippen LogP contribution in [0.3, 0.4) is 0 Å². The summed E-state index contributed by atoms with van der Waals surface area (Å²) in [5.41, 5.74) is 3.36. The second-order valence-corrected chi connectivity index (χ2v) is 9.75. The van der Waals surface area contributed by atoms with Crippen LogP contribution in [0.25, 0.3) is 10.4 Å². The second kappa shape index (κ2) is 8.15. The molecular weight excluding hydrogens is 426 g/mol. The average molecular weight is 446 g/mol. The van der Waals surface area contributed by atoms with E-state index in [-0.39, 0.29) is 17.9 Å². The fourth-order valence-corrected chi connectivity index (χ4v) is 6.18. The number of hydrogen-bond acceptors (Lipinski definition) is 7. The molecule has 10 heteroatoms. The molecule has 1 aromatic carbocycles. The van der Waals surface area contributed by atoms with E-state index in [4.69, 9.17) is 4.74 Å². The van der Waals surface area contributed by atoms with Gasteiger partial charge in [-0.15, -0.1) is 11.3 Å². The lowest BCUT2D eigenvalue weighted by atomic mass is 10.0. The molecule has 3 aromatic rings. The molecule has 0 fully saturated rings. The zero-order valence-electron chi connectivity index (χ0n) is 16.0. The Morgan fingerprint density at radius 1 is 1.30 bits per heavy atom. The van der Waals surface area contributed by atoms with Crippen molar-refractivity contribution in [2.24, 2.45) is 0 Å². The number of methoxy groups -OCH3 is 1. The summed E-state index contributed by atoms with van der Waals surface area (Å²) in [4.78, 5) is 18.4. The van der Waals surface area contributed by atoms with Gasteiger partial charge in [0.2, 0.25) is 10.0 Å². The molecule has 0 aliphatic carbocycles. The second-order valence-electron chi connectivity index (χ2n) is 6.72. The SMILES string of the molecule is COc1ccc(S(=O)(=O)N2Cc3cc(-c4cccnc4)sc3CC2C(=O)NO)cc1. The van der Waals surface area contributed by atoms with Crippen molar-refractivity contribution in [3.63, 3.8) is 0 Å². The molecule has 156 valence electrons. The molecule has 0 saturated carbocycles. The van der Waals surface area contributed by atoms with Crippen LogP contribution in [-0.4, -0.2) is 42.0 Å². The van der Waals surface area contributed by atoms with Gasteiger partial charge in [0.15, 0.2) is 0 Å². The maximum absolute atomic E-state index is 13.3. The molecule has 4 rings (SSSR count). The summed E-state index contributed by atoms with van der Waals surface area (Å²) in [5, 5.41) is 9.20. The Bertz CT molecular complexity index is 1160. The smallest absolute Gasteiger partial charge is 0.262 e. The van der Waals surface area contributed by atoms with Gasteiger partial charge in [0.25, 0.3) is 5.91 Å². The zero-order chi connectivity index (χ0) is 21.3. The number of sulfonamides is 1. The number of hydrogen-bond donors (Lipinski definition) is 2. The fraction of sp³-hybridized carbons (Fsp3) is 0.200. The van der Waals surface area contributed by atoms with Crippen LogP contribution in [-0.2, 0) is 27.8 Å². The topological polar surface area (TPSA) is 109 Å². The Balaban J connectivity index is 1.73. The number of pyridine rings is 1. The number of hydroxylamine groups is 1. The van der Waals surface area contributed by atoms with E-state index in [1.165, 1.54) is 30.6 Å². The van der Waals surface area contributed by atoms with Crippen LogP contribution in [0.2, 0.25) is 0 Å². The zero-order valence-corrected chi connectivity index (χ0v) is 17.6. The van der Waals surface area contributed by atoms with Crippen molar-refractivity contribution in [3.8, 4) is 16.2 Å². The number of carbonyl (C=O) groups excluding carboxylic acids is 1. The van der Waals surface area contributed by atoms with Gasteiger partial charge in [-0.05, 0) is 42.0 Å². The summed E-state index contributed by atoms with van der Waals surface area (Å²) in [7, 11) is -2.50. The molecule has 1 atom stereocenters. The highest BCUT2D eigenvalue weighted by Crippen LogP contribution is 2.38. The van der Waals surface area contributed by atoms with E-state index in [2.05, 4.69) is 4.98 Å². The van der Waals surface area contributed by atoms with Crippen LogP contribution in [0, 0.1) is 0 Å². The average Bonchev–Trinajstić information content (AvgIpc) is 3.21. The summed E-state index contributed by atoms with van der Waals surface area (Å²) < 4.78 is 32.9. The van der Waals surface area contributed by atoms with Crippen molar-refractivity contribution in [2.75, 3.05) is 7.11 Å². The van der Waals surface area contributed by atoms with E-state index in [0.29, 0.717) is 5.75 Å². The first-order chi connectivity index (χ1) is 14.4. The minimum atomic E-state index is -3.99. The van der Waals surface area contributed by atoms with Gasteiger partial charge in [-0.2, -0.15) is 4.31 Å². The standard InChI is InChI=1S/C20H19N3O5S2/c1-28-15-4-6-16(7-5-15)30(26,27)23-12-14-9-18(13-3-2-8-21-11-13)29-19(14)10-17(23)20(24)22-25/h2-9,11,17,25H,10,12H2,1H3,(H,22,24). The van der Waals surface area contributed by atoms with Crippen molar-refractivity contribution >= 4 is 27.3 Å². The first-order valence-electron chi connectivity index (χ1n) is 9.06. The first-order valence-corrected chi connectivity index (χ1v) is 11.3. The summed E-state index contributed by atoms with van der Waals surface area (Å²) >= 11 is 1.49. The minimum Gasteiger partial charge on any atom is -0.497 e. The maximum atomic E-state index is 13.3. The summed E-state index contributed by atoms with van der Waals surface area (Å²) in [5.74, 6) is -0.243. The van der Waals surface area contributed by atoms with E-state index >= 15 is 0 Å². The van der Waals surface area contributed by atoms with Crippen LogP contribution in [0.4, 0.5) is 0 Å². The molecule has 0 saturated heterocycles. The van der Waals surface area contributed by atoms with Gasteiger partial charge in [-0.25, -0.2) is 13.9 Å². The van der Waals surface area contributed by atoms with Crippen molar-refractivity contribution in [1.29, 1.82) is 0 Å². The third-order valence-corrected chi connectivity index (χ3v) is 8.09. The Hall–Kier alpha value is -2.79. The number of thiophene rings is 1. The molecule has 0 spiro atoms. The lowest BCUT2D eigenvalue weighted by Crippen LogP contribution is -2.51. The number of ether oxygens (including phenoxy) is 1. The number of nitrogens with one attached hydrogen (secondary N) is 1. The Morgan fingerprint density at radius 2 is 2.07 bits per heavy atom. The predicted molar refractivity (Wildman–Crippen MR) is 111 cm³/mol. The van der Waals surface area contributed by atoms with E-state index in [1.54, 1.807) is 30.0 Å². The molecule has 0 radical (unpaired) electrons. The van der Waals surface area contributed by atoms with Crippen LogP contribution >= 0.6 is 11.3 Å².